The van der Waals surface area contributed by atoms with Gasteiger partial charge in [0.25, 0.3) is 0 Å². The fraction of sp³-hybridized carbons (Fsp3) is 0.381. The van der Waals surface area contributed by atoms with Crippen LogP contribution < -0.4 is 9.47 Å². The van der Waals surface area contributed by atoms with Crippen LogP contribution in [0.3, 0.4) is 0 Å². The highest BCUT2D eigenvalue weighted by Crippen LogP contribution is 2.52. The second kappa shape index (κ2) is 12.6. The van der Waals surface area contributed by atoms with Crippen LogP contribution in [0.2, 0.25) is 0 Å². The van der Waals surface area contributed by atoms with Crippen molar-refractivity contribution in [1.82, 2.24) is 0 Å². The molecule has 4 aromatic rings. The van der Waals surface area contributed by atoms with Crippen LogP contribution >= 0.6 is 0 Å². The lowest BCUT2D eigenvalue weighted by Gasteiger charge is -2.39. The first kappa shape index (κ1) is 31.3. The molecule has 0 aromatic heterocycles. The molecule has 4 aliphatic heterocycles. The standard InChI is InChI=1S/C42H42N2O6/c1-47-35-17-25(41(45)29-19-33-27-11-5-3-9-23(27)15-37(49-33)39(29)35)21-43-31-13-7-8-14-32(31)44-22-26-18-36(48-2)40-30(42(26)46)20-34-28-12-6-4-10-24(28)16-38(40)50-34/h3-6,9-12,17-18,21-22,31-34,37-38,45-46H,7-8,13-16,19-20H2,1-2H3/t31-,32-,33?,34?,37?,38?/m1/s1. The highest BCUT2D eigenvalue weighted by Gasteiger charge is 2.40. The maximum absolute atomic E-state index is 11.6. The highest BCUT2D eigenvalue weighted by molar-refractivity contribution is 5.87. The van der Waals surface area contributed by atoms with E-state index in [0.29, 0.717) is 24.0 Å². The van der Waals surface area contributed by atoms with E-state index < -0.39 is 0 Å². The molecule has 8 nitrogen and oxygen atoms in total. The number of aliphatic imine (C=N–C) groups is 2. The molecule has 4 aromatic carbocycles. The Bertz CT molecular complexity index is 1890. The summed E-state index contributed by atoms with van der Waals surface area (Å²) in [5.41, 5.74) is 9.91. The van der Waals surface area contributed by atoms with Crippen LogP contribution in [0.1, 0.15) is 106 Å². The largest absolute Gasteiger partial charge is 0.507 e. The van der Waals surface area contributed by atoms with Gasteiger partial charge in [0.05, 0.1) is 50.7 Å². The Labute approximate surface area is 292 Å². The lowest BCUT2D eigenvalue weighted by Crippen LogP contribution is -2.28. The van der Waals surface area contributed by atoms with Crippen molar-refractivity contribution in [1.29, 1.82) is 0 Å². The molecule has 256 valence electrons. The Morgan fingerprint density at radius 3 is 1.50 bits per heavy atom. The maximum Gasteiger partial charge on any atom is 0.128 e. The molecular formula is C42H42N2O6. The molecule has 1 aliphatic carbocycles. The van der Waals surface area contributed by atoms with Crippen molar-refractivity contribution in [2.24, 2.45) is 9.98 Å². The second-order valence-corrected chi connectivity index (χ2v) is 14.2. The number of ether oxygens (including phenoxy) is 4. The average molecular weight is 671 g/mol. The van der Waals surface area contributed by atoms with E-state index >= 15 is 0 Å². The van der Waals surface area contributed by atoms with E-state index in [2.05, 4.69) is 36.4 Å². The summed E-state index contributed by atoms with van der Waals surface area (Å²) >= 11 is 0. The fourth-order valence-electron chi connectivity index (χ4n) is 9.06. The Kier molecular flexibility index (Phi) is 7.89. The Hall–Kier alpha value is -4.66. The molecule has 6 atom stereocenters. The third kappa shape index (κ3) is 5.19. The van der Waals surface area contributed by atoms with Gasteiger partial charge in [-0.2, -0.15) is 0 Å². The SMILES string of the molecule is COc1cc(C=N[C@@H]2CCCC[C@H]2N=Cc2cc(OC)c3c(c2O)CC2OC3Cc3ccccc32)c(O)c2c1C1Cc3ccccc3C(C2)O1. The minimum absolute atomic E-state index is 0.0538. The highest BCUT2D eigenvalue weighted by atomic mass is 16.5. The van der Waals surface area contributed by atoms with Gasteiger partial charge in [-0.05, 0) is 47.2 Å². The molecule has 4 unspecified atom stereocenters. The van der Waals surface area contributed by atoms with Crippen molar-refractivity contribution >= 4 is 12.4 Å². The summed E-state index contributed by atoms with van der Waals surface area (Å²) in [5.74, 6) is 1.94. The zero-order valence-corrected chi connectivity index (χ0v) is 28.5. The molecule has 8 heteroatoms. The van der Waals surface area contributed by atoms with E-state index in [0.717, 1.165) is 72.3 Å². The topological polar surface area (TPSA) is 102 Å². The Morgan fingerprint density at radius 2 is 1.06 bits per heavy atom. The molecule has 0 amide bonds. The van der Waals surface area contributed by atoms with E-state index in [9.17, 15) is 10.2 Å². The summed E-state index contributed by atoms with van der Waals surface area (Å²) in [4.78, 5) is 10.1. The molecule has 2 N–H and O–H groups in total. The molecule has 1 fully saturated rings. The van der Waals surface area contributed by atoms with E-state index in [1.54, 1.807) is 26.6 Å². The van der Waals surface area contributed by atoms with Crippen LogP contribution in [-0.2, 0) is 35.2 Å². The summed E-state index contributed by atoms with van der Waals surface area (Å²) in [6.45, 7) is 0. The summed E-state index contributed by atoms with van der Waals surface area (Å²) in [7, 11) is 3.34. The summed E-state index contributed by atoms with van der Waals surface area (Å²) in [5, 5.41) is 23.2. The first-order chi connectivity index (χ1) is 24.5. The first-order valence-corrected chi connectivity index (χ1v) is 17.9. The van der Waals surface area contributed by atoms with Crippen LogP contribution in [0, 0.1) is 0 Å². The lowest BCUT2D eigenvalue weighted by atomic mass is 9.80. The molecular weight excluding hydrogens is 628 g/mol. The van der Waals surface area contributed by atoms with Crippen LogP contribution in [0.4, 0.5) is 0 Å². The van der Waals surface area contributed by atoms with Gasteiger partial charge in [0.15, 0.2) is 0 Å². The van der Waals surface area contributed by atoms with Gasteiger partial charge in [-0.1, -0.05) is 61.4 Å². The Balaban J connectivity index is 0.991. The van der Waals surface area contributed by atoms with Crippen molar-refractivity contribution in [3.63, 3.8) is 0 Å². The molecule has 0 spiro atoms. The minimum Gasteiger partial charge on any atom is -0.507 e. The number of rotatable bonds is 6. The summed E-state index contributed by atoms with van der Waals surface area (Å²) in [6, 6.07) is 20.5. The number of hydrogen-bond acceptors (Lipinski definition) is 8. The molecule has 5 aliphatic rings. The molecule has 4 bridgehead atoms. The van der Waals surface area contributed by atoms with Crippen molar-refractivity contribution in [2.45, 2.75) is 87.9 Å². The van der Waals surface area contributed by atoms with E-state index in [4.69, 9.17) is 28.9 Å². The minimum atomic E-state index is -0.163. The predicted octanol–water partition coefficient (Wildman–Crippen LogP) is 7.79. The number of aromatic hydroxyl groups is 2. The van der Waals surface area contributed by atoms with Gasteiger partial charge in [0, 0.05) is 71.5 Å². The van der Waals surface area contributed by atoms with Crippen molar-refractivity contribution in [3.05, 3.63) is 116 Å². The number of fused-ring (bicyclic) bond motifs is 12. The second-order valence-electron chi connectivity index (χ2n) is 14.2. The smallest absolute Gasteiger partial charge is 0.128 e. The first-order valence-electron chi connectivity index (χ1n) is 17.9. The number of phenols is 2. The maximum atomic E-state index is 11.6. The van der Waals surface area contributed by atoms with E-state index in [1.165, 1.54) is 22.3 Å². The van der Waals surface area contributed by atoms with Crippen LogP contribution in [-0.4, -0.2) is 48.9 Å². The lowest BCUT2D eigenvalue weighted by molar-refractivity contribution is -0.0410. The van der Waals surface area contributed by atoms with Crippen LogP contribution in [0.25, 0.3) is 0 Å². The predicted molar refractivity (Wildman–Crippen MR) is 191 cm³/mol. The molecule has 0 radical (unpaired) electrons. The third-order valence-corrected chi connectivity index (χ3v) is 11.5. The van der Waals surface area contributed by atoms with Gasteiger partial charge in [-0.25, -0.2) is 0 Å². The van der Waals surface area contributed by atoms with E-state index in [-0.39, 0.29) is 48.0 Å². The summed E-state index contributed by atoms with van der Waals surface area (Å²) in [6.07, 6.45) is 9.66. The third-order valence-electron chi connectivity index (χ3n) is 11.5. The Morgan fingerprint density at radius 1 is 0.620 bits per heavy atom. The number of phenolic OH excluding ortho intramolecular Hbond substituents is 2. The number of benzene rings is 4. The molecule has 1 saturated carbocycles. The van der Waals surface area contributed by atoms with Crippen LogP contribution in [0.5, 0.6) is 23.0 Å². The zero-order chi connectivity index (χ0) is 33.9. The number of nitrogens with zero attached hydrogens (tertiary/aromatic N) is 2. The quantitative estimate of drug-likeness (QED) is 0.203. The molecule has 50 heavy (non-hydrogen) atoms. The monoisotopic (exact) mass is 670 g/mol. The van der Waals surface area contributed by atoms with Crippen molar-refractivity contribution in [2.75, 3.05) is 14.2 Å². The molecule has 9 rings (SSSR count). The average Bonchev–Trinajstić information content (AvgIpc) is 3.15. The van der Waals surface area contributed by atoms with Gasteiger partial charge < -0.3 is 29.2 Å². The molecule has 0 saturated heterocycles. The fourth-order valence-corrected chi connectivity index (χ4v) is 9.06. The van der Waals surface area contributed by atoms with Gasteiger partial charge in [0.2, 0.25) is 0 Å². The van der Waals surface area contributed by atoms with Gasteiger partial charge in [-0.15, -0.1) is 0 Å². The van der Waals surface area contributed by atoms with Gasteiger partial charge in [0.1, 0.15) is 23.0 Å². The normalized spacial score (nSPS) is 26.2. The number of hydrogen-bond donors (Lipinski definition) is 2. The van der Waals surface area contributed by atoms with Gasteiger partial charge in [-0.3, -0.25) is 9.98 Å². The van der Waals surface area contributed by atoms with Crippen molar-refractivity contribution < 1.29 is 29.2 Å². The zero-order valence-electron chi connectivity index (χ0n) is 28.5. The number of methoxy groups -OCH3 is 2. The van der Waals surface area contributed by atoms with Crippen molar-refractivity contribution in [3.8, 4) is 23.0 Å². The molecule has 4 heterocycles. The van der Waals surface area contributed by atoms with Gasteiger partial charge >= 0.3 is 0 Å². The summed E-state index contributed by atoms with van der Waals surface area (Å²) < 4.78 is 24.7. The van der Waals surface area contributed by atoms with Crippen LogP contribution in [0.15, 0.2) is 70.6 Å². The van der Waals surface area contributed by atoms with E-state index in [1.807, 2.05) is 24.3 Å².